The Morgan fingerprint density at radius 1 is 1.11 bits per heavy atom. The van der Waals surface area contributed by atoms with Gasteiger partial charge >= 0.3 is 0 Å². The molecule has 0 spiro atoms. The van der Waals surface area contributed by atoms with Crippen LogP contribution in [0.1, 0.15) is 38.1 Å². The molecule has 1 aromatic carbocycles. The Labute approximate surface area is 222 Å². The topological polar surface area (TPSA) is 123 Å². The number of piperidine rings is 1. The van der Waals surface area contributed by atoms with Crippen molar-refractivity contribution in [2.75, 3.05) is 23.7 Å². The van der Waals surface area contributed by atoms with Gasteiger partial charge in [-0.3, -0.25) is 9.36 Å². The van der Waals surface area contributed by atoms with E-state index >= 15 is 0 Å². The van der Waals surface area contributed by atoms with E-state index in [0.717, 1.165) is 6.54 Å². The first-order chi connectivity index (χ1) is 17.3. The smallest absolute Gasteiger partial charge is 0.225 e. The van der Waals surface area contributed by atoms with Crippen LogP contribution in [0, 0.1) is 5.92 Å². The number of nitrogens with zero attached hydrogens (tertiary/aromatic N) is 4. The molecule has 2 atom stereocenters. The van der Waals surface area contributed by atoms with E-state index in [1.165, 1.54) is 0 Å². The number of nitrogens with two attached hydrogens (primary N) is 1. The number of nitrogens with one attached hydrogen (secondary N) is 3. The van der Waals surface area contributed by atoms with Crippen LogP contribution in [0.25, 0.3) is 11.2 Å². The first-order valence-corrected chi connectivity index (χ1v) is 13.0. The number of hydrogen-bond donors (Lipinski definition) is 4. The second-order valence-corrected chi connectivity index (χ2v) is 10.5. The van der Waals surface area contributed by atoms with Crippen molar-refractivity contribution in [1.82, 2.24) is 24.8 Å². The predicted molar refractivity (Wildman–Crippen MR) is 140 cm³/mol. The minimum absolute atomic E-state index is 0.00601. The lowest BCUT2D eigenvalue weighted by molar-refractivity contribution is -0.122. The number of fused-ring (bicyclic) bond motifs is 1. The molecule has 1 amide bonds. The third kappa shape index (κ3) is 5.18. The zero-order valence-electron chi connectivity index (χ0n) is 19.3. The molecule has 2 aliphatic rings. The Kier molecular flexibility index (Phi) is 7.39. The van der Waals surface area contributed by atoms with Gasteiger partial charge in [0.25, 0.3) is 0 Å². The number of halogens is 4. The van der Waals surface area contributed by atoms with Gasteiger partial charge in [-0.05, 0) is 50.8 Å². The molecule has 1 aliphatic carbocycles. The number of imidazole rings is 1. The van der Waals surface area contributed by atoms with Gasteiger partial charge in [0.2, 0.25) is 17.8 Å². The largest absolute Gasteiger partial charge is 0.369 e. The number of amides is 1. The van der Waals surface area contributed by atoms with Crippen molar-refractivity contribution in [3.05, 3.63) is 33.4 Å². The van der Waals surface area contributed by atoms with Crippen molar-refractivity contribution in [1.29, 1.82) is 0 Å². The summed E-state index contributed by atoms with van der Waals surface area (Å²) in [6.07, 6.45) is 3.94. The molecule has 13 heteroatoms. The average molecular weight is 556 g/mol. The highest BCUT2D eigenvalue weighted by Crippen LogP contribution is 2.40. The third-order valence-electron chi connectivity index (χ3n) is 6.86. The molecule has 1 saturated carbocycles. The van der Waals surface area contributed by atoms with E-state index < -0.39 is 6.17 Å². The number of anilines is 3. The highest BCUT2D eigenvalue weighted by Gasteiger charge is 2.30. The summed E-state index contributed by atoms with van der Waals surface area (Å²) in [6, 6.07) is 2.80. The summed E-state index contributed by atoms with van der Waals surface area (Å²) >= 11 is 18.9. The van der Waals surface area contributed by atoms with E-state index in [1.807, 2.05) is 4.57 Å². The van der Waals surface area contributed by atoms with Crippen LogP contribution in [0.15, 0.2) is 18.3 Å². The Bertz CT molecular complexity index is 1260. The molecule has 36 heavy (non-hydrogen) atoms. The summed E-state index contributed by atoms with van der Waals surface area (Å²) in [5.74, 6) is 0.382. The fourth-order valence-electron chi connectivity index (χ4n) is 4.94. The van der Waals surface area contributed by atoms with Gasteiger partial charge in [0.15, 0.2) is 5.65 Å². The number of benzene rings is 1. The molecule has 2 aromatic heterocycles. The molecule has 0 radical (unpaired) electrons. The lowest BCUT2D eigenvalue weighted by atomic mass is 9.85. The Morgan fingerprint density at radius 2 is 1.83 bits per heavy atom. The normalized spacial score (nSPS) is 24.6. The molecule has 3 heterocycles. The lowest BCUT2D eigenvalue weighted by Crippen LogP contribution is -2.45. The van der Waals surface area contributed by atoms with Crippen molar-refractivity contribution in [2.24, 2.45) is 11.7 Å². The summed E-state index contributed by atoms with van der Waals surface area (Å²) in [7, 11) is 0. The van der Waals surface area contributed by atoms with E-state index in [9.17, 15) is 9.18 Å². The maximum absolute atomic E-state index is 14.4. The molecule has 3 aromatic rings. The van der Waals surface area contributed by atoms with E-state index in [-0.39, 0.29) is 30.5 Å². The Morgan fingerprint density at radius 3 is 2.50 bits per heavy atom. The SMILES string of the molecule is NC(=O)C1CCC(n2c(Nc3c(Cl)cc(Cl)cc3Cl)nc3cnc(N[C@H]4CCNC[C@H]4F)nc32)CC1. The van der Waals surface area contributed by atoms with Crippen molar-refractivity contribution in [3.63, 3.8) is 0 Å². The zero-order chi connectivity index (χ0) is 25.4. The van der Waals surface area contributed by atoms with Gasteiger partial charge in [0.1, 0.15) is 11.7 Å². The number of carbonyl (C=O) groups excluding carboxylic acids is 1. The number of aromatic nitrogens is 4. The van der Waals surface area contributed by atoms with E-state index in [4.69, 9.17) is 50.5 Å². The van der Waals surface area contributed by atoms with Gasteiger partial charge in [-0.15, -0.1) is 0 Å². The Hall–Kier alpha value is -2.40. The molecule has 5 N–H and O–H groups in total. The predicted octanol–water partition coefficient (Wildman–Crippen LogP) is 4.86. The van der Waals surface area contributed by atoms with Crippen LogP contribution in [0.4, 0.5) is 22.0 Å². The minimum Gasteiger partial charge on any atom is -0.369 e. The van der Waals surface area contributed by atoms with Gasteiger partial charge in [0, 0.05) is 23.5 Å². The highest BCUT2D eigenvalue weighted by molar-refractivity contribution is 6.41. The van der Waals surface area contributed by atoms with Crippen LogP contribution in [-0.4, -0.2) is 50.7 Å². The molecular formula is C23H26Cl3FN8O. The molecule has 0 bridgehead atoms. The van der Waals surface area contributed by atoms with Crippen molar-refractivity contribution in [2.45, 2.75) is 50.4 Å². The lowest BCUT2D eigenvalue weighted by Gasteiger charge is -2.29. The minimum atomic E-state index is -1.04. The highest BCUT2D eigenvalue weighted by atomic mass is 35.5. The maximum atomic E-state index is 14.4. The van der Waals surface area contributed by atoms with Gasteiger partial charge in [-0.2, -0.15) is 4.98 Å². The standard InChI is InChI=1S/C23H26Cl3FN8O/c24-12-7-14(25)19(15(26)8-12)33-23-32-18-10-30-22(31-17-5-6-29-9-16(17)27)34-21(18)35(23)13-3-1-11(2-4-13)20(28)36/h7-8,10-11,13,16-17,29H,1-6,9H2,(H2,28,36)(H,32,33)(H,30,31,34)/t11?,13?,16-,17+/m1/s1. The number of rotatable bonds is 6. The van der Waals surface area contributed by atoms with Crippen LogP contribution in [-0.2, 0) is 4.79 Å². The zero-order valence-corrected chi connectivity index (χ0v) is 21.5. The van der Waals surface area contributed by atoms with Crippen LogP contribution in [0.3, 0.4) is 0 Å². The second-order valence-electron chi connectivity index (χ2n) is 9.24. The quantitative estimate of drug-likeness (QED) is 0.343. The van der Waals surface area contributed by atoms with Crippen LogP contribution < -0.4 is 21.7 Å². The van der Waals surface area contributed by atoms with Gasteiger partial charge in [-0.25, -0.2) is 14.4 Å². The molecule has 192 valence electrons. The van der Waals surface area contributed by atoms with Crippen molar-refractivity contribution >= 4 is 69.5 Å². The third-order valence-corrected chi connectivity index (χ3v) is 7.68. The monoisotopic (exact) mass is 554 g/mol. The second kappa shape index (κ2) is 10.5. The first kappa shape index (κ1) is 25.3. The molecule has 1 aliphatic heterocycles. The molecule has 1 saturated heterocycles. The van der Waals surface area contributed by atoms with E-state index in [0.29, 0.717) is 75.9 Å². The van der Waals surface area contributed by atoms with Crippen LogP contribution in [0.5, 0.6) is 0 Å². The van der Waals surface area contributed by atoms with Crippen molar-refractivity contribution < 1.29 is 9.18 Å². The number of carbonyl (C=O) groups is 1. The Balaban J connectivity index is 1.53. The summed E-state index contributed by atoms with van der Waals surface area (Å²) in [6.45, 7) is 1.01. The van der Waals surface area contributed by atoms with Gasteiger partial charge in [-0.1, -0.05) is 34.8 Å². The summed E-state index contributed by atoms with van der Waals surface area (Å²) in [4.78, 5) is 25.5. The van der Waals surface area contributed by atoms with Crippen LogP contribution >= 0.6 is 34.8 Å². The fourth-order valence-corrected chi connectivity index (χ4v) is 5.85. The molecule has 9 nitrogen and oxygen atoms in total. The van der Waals surface area contributed by atoms with Gasteiger partial charge in [0.05, 0.1) is 28.0 Å². The van der Waals surface area contributed by atoms with Crippen LogP contribution in [0.2, 0.25) is 15.1 Å². The number of alkyl halides is 1. The van der Waals surface area contributed by atoms with Crippen molar-refractivity contribution in [3.8, 4) is 0 Å². The van der Waals surface area contributed by atoms with Gasteiger partial charge < -0.3 is 21.7 Å². The molecule has 5 rings (SSSR count). The number of primary amides is 1. The van der Waals surface area contributed by atoms with E-state index in [2.05, 4.69) is 20.9 Å². The summed E-state index contributed by atoms with van der Waals surface area (Å²) in [5.41, 5.74) is 7.15. The molecular weight excluding hydrogens is 530 g/mol. The summed E-state index contributed by atoms with van der Waals surface area (Å²) < 4.78 is 16.4. The van der Waals surface area contributed by atoms with E-state index in [1.54, 1.807) is 18.3 Å². The number of hydrogen-bond acceptors (Lipinski definition) is 7. The molecule has 0 unspecified atom stereocenters. The molecule has 2 fully saturated rings. The maximum Gasteiger partial charge on any atom is 0.225 e. The first-order valence-electron chi connectivity index (χ1n) is 11.9. The fraction of sp³-hybridized carbons (Fsp3) is 0.478. The summed E-state index contributed by atoms with van der Waals surface area (Å²) in [5, 5.41) is 10.5. The average Bonchev–Trinajstić information content (AvgIpc) is 3.20.